The van der Waals surface area contributed by atoms with E-state index in [2.05, 4.69) is 35.8 Å². The molecule has 0 atom stereocenters. The minimum atomic E-state index is -0.218. The maximum atomic E-state index is 15.2. The lowest BCUT2D eigenvalue weighted by atomic mass is 9.95. The van der Waals surface area contributed by atoms with Crippen molar-refractivity contribution in [3.05, 3.63) is 52.8 Å². The van der Waals surface area contributed by atoms with Crippen molar-refractivity contribution in [2.24, 2.45) is 0 Å². The van der Waals surface area contributed by atoms with Gasteiger partial charge in [-0.25, -0.2) is 4.39 Å². The summed E-state index contributed by atoms with van der Waals surface area (Å²) in [5, 5.41) is 9.73. The molecule has 2 heterocycles. The molecule has 5 nitrogen and oxygen atoms in total. The number of methoxy groups -OCH3 is 1. The lowest BCUT2D eigenvalue weighted by Crippen LogP contribution is -2.40. The van der Waals surface area contributed by atoms with E-state index in [-0.39, 0.29) is 11.9 Å². The van der Waals surface area contributed by atoms with E-state index in [1.807, 2.05) is 12.1 Å². The number of halogens is 1. The Balaban J connectivity index is 1.63. The Kier molecular flexibility index (Phi) is 8.59. The zero-order valence-corrected chi connectivity index (χ0v) is 20.9. The summed E-state index contributed by atoms with van der Waals surface area (Å²) >= 11 is 0. The van der Waals surface area contributed by atoms with Crippen LogP contribution in [0.25, 0.3) is 11.1 Å². The Morgan fingerprint density at radius 2 is 1.79 bits per heavy atom. The zero-order valence-electron chi connectivity index (χ0n) is 20.9. The predicted molar refractivity (Wildman–Crippen MR) is 135 cm³/mol. The second-order valence-corrected chi connectivity index (χ2v) is 9.66. The van der Waals surface area contributed by atoms with Crippen molar-refractivity contribution in [3.63, 3.8) is 0 Å². The SMILES string of the molecule is CCN(c1cc(-c2ccc(CN3CCC(O)CC3)c(F)c2)cc(COC)c1C)C1CCOCC1. The molecule has 2 aromatic rings. The molecule has 186 valence electrons. The fourth-order valence-corrected chi connectivity index (χ4v) is 5.32. The second-order valence-electron chi connectivity index (χ2n) is 9.66. The Bertz CT molecular complexity index is 953. The predicted octanol–water partition coefficient (Wildman–Crippen LogP) is 4.91. The molecular formula is C28H39FN2O3. The molecule has 2 aliphatic rings. The van der Waals surface area contributed by atoms with Crippen LogP contribution in [0.15, 0.2) is 30.3 Å². The Morgan fingerprint density at radius 3 is 2.44 bits per heavy atom. The molecule has 0 bridgehead atoms. The number of hydrogen-bond donors (Lipinski definition) is 1. The summed E-state index contributed by atoms with van der Waals surface area (Å²) in [6.07, 6.45) is 3.34. The largest absolute Gasteiger partial charge is 0.393 e. The van der Waals surface area contributed by atoms with E-state index < -0.39 is 0 Å². The molecule has 0 unspecified atom stereocenters. The summed E-state index contributed by atoms with van der Waals surface area (Å²) in [4.78, 5) is 4.70. The van der Waals surface area contributed by atoms with Gasteiger partial charge in [0.15, 0.2) is 0 Å². The number of rotatable bonds is 8. The lowest BCUT2D eigenvalue weighted by molar-refractivity contribution is 0.0787. The summed E-state index contributed by atoms with van der Waals surface area (Å²) < 4.78 is 26.3. The molecule has 6 heteroatoms. The number of likely N-dealkylation sites (tertiary alicyclic amines) is 1. The molecule has 2 aromatic carbocycles. The van der Waals surface area contributed by atoms with E-state index in [0.717, 1.165) is 75.2 Å². The molecule has 0 amide bonds. The van der Waals surface area contributed by atoms with Gasteiger partial charge in [-0.3, -0.25) is 4.90 Å². The van der Waals surface area contributed by atoms with Gasteiger partial charge < -0.3 is 19.5 Å². The number of aliphatic hydroxyl groups is 1. The van der Waals surface area contributed by atoms with Crippen molar-refractivity contribution in [2.75, 3.05) is 44.9 Å². The van der Waals surface area contributed by atoms with Crippen molar-refractivity contribution in [1.82, 2.24) is 4.90 Å². The van der Waals surface area contributed by atoms with Crippen molar-refractivity contribution in [1.29, 1.82) is 0 Å². The average Bonchev–Trinajstić information content (AvgIpc) is 2.85. The van der Waals surface area contributed by atoms with Gasteiger partial charge in [-0.1, -0.05) is 12.1 Å². The summed E-state index contributed by atoms with van der Waals surface area (Å²) in [6, 6.07) is 10.4. The summed E-state index contributed by atoms with van der Waals surface area (Å²) in [5.74, 6) is -0.171. The van der Waals surface area contributed by atoms with Gasteiger partial charge in [-0.05, 0) is 80.0 Å². The van der Waals surface area contributed by atoms with Crippen molar-refractivity contribution >= 4 is 5.69 Å². The molecule has 2 aliphatic heterocycles. The van der Waals surface area contributed by atoms with E-state index in [1.165, 1.54) is 11.3 Å². The summed E-state index contributed by atoms with van der Waals surface area (Å²) in [7, 11) is 1.72. The number of ether oxygens (including phenoxy) is 2. The average molecular weight is 471 g/mol. The Labute approximate surface area is 203 Å². The van der Waals surface area contributed by atoms with Crippen LogP contribution >= 0.6 is 0 Å². The highest BCUT2D eigenvalue weighted by atomic mass is 19.1. The maximum absolute atomic E-state index is 15.2. The fraction of sp³-hybridized carbons (Fsp3) is 0.571. The van der Waals surface area contributed by atoms with Crippen LogP contribution in [-0.2, 0) is 22.6 Å². The highest BCUT2D eigenvalue weighted by molar-refractivity contribution is 5.73. The van der Waals surface area contributed by atoms with Crippen LogP contribution in [0.5, 0.6) is 0 Å². The summed E-state index contributed by atoms with van der Waals surface area (Å²) in [5.41, 5.74) is 6.18. The number of piperidine rings is 1. The lowest BCUT2D eigenvalue weighted by Gasteiger charge is -2.37. The Morgan fingerprint density at radius 1 is 1.06 bits per heavy atom. The van der Waals surface area contributed by atoms with Gasteiger partial charge >= 0.3 is 0 Å². The van der Waals surface area contributed by atoms with Crippen LogP contribution in [0.3, 0.4) is 0 Å². The van der Waals surface area contributed by atoms with Gasteiger partial charge in [0.25, 0.3) is 0 Å². The van der Waals surface area contributed by atoms with Crippen LogP contribution in [0.2, 0.25) is 0 Å². The van der Waals surface area contributed by atoms with Crippen LogP contribution in [0, 0.1) is 12.7 Å². The monoisotopic (exact) mass is 470 g/mol. The van der Waals surface area contributed by atoms with Crippen LogP contribution in [-0.4, -0.2) is 62.1 Å². The number of aliphatic hydroxyl groups excluding tert-OH is 1. The highest BCUT2D eigenvalue weighted by Crippen LogP contribution is 2.34. The van der Waals surface area contributed by atoms with Gasteiger partial charge in [0.05, 0.1) is 12.7 Å². The first-order valence-electron chi connectivity index (χ1n) is 12.7. The van der Waals surface area contributed by atoms with E-state index in [0.29, 0.717) is 24.8 Å². The van der Waals surface area contributed by atoms with E-state index >= 15 is 4.39 Å². The molecule has 0 spiro atoms. The van der Waals surface area contributed by atoms with Crippen LogP contribution in [0.1, 0.15) is 49.3 Å². The van der Waals surface area contributed by atoms with Crippen molar-refractivity contribution < 1.29 is 19.0 Å². The number of nitrogens with zero attached hydrogens (tertiary/aromatic N) is 2. The molecule has 0 radical (unpaired) electrons. The smallest absolute Gasteiger partial charge is 0.128 e. The quantitative estimate of drug-likeness (QED) is 0.594. The standard InChI is InChI=1S/C28H39FN2O3/c1-4-31(25-9-13-34-14-10-25)28-17-23(15-24(19-33-3)20(28)2)21-5-6-22(27(29)16-21)18-30-11-7-26(32)8-12-30/h5-6,15-17,25-26,32H,4,7-14,18-19H2,1-3H3. The maximum Gasteiger partial charge on any atom is 0.128 e. The van der Waals surface area contributed by atoms with Crippen molar-refractivity contribution in [2.45, 2.75) is 64.8 Å². The van der Waals surface area contributed by atoms with Crippen LogP contribution < -0.4 is 4.90 Å². The number of anilines is 1. The Hall–Kier alpha value is -1.99. The van der Waals surface area contributed by atoms with E-state index in [1.54, 1.807) is 13.2 Å². The first-order valence-corrected chi connectivity index (χ1v) is 12.7. The third-order valence-electron chi connectivity index (χ3n) is 7.41. The minimum Gasteiger partial charge on any atom is -0.393 e. The highest BCUT2D eigenvalue weighted by Gasteiger charge is 2.24. The molecule has 2 fully saturated rings. The molecular weight excluding hydrogens is 431 g/mol. The van der Waals surface area contributed by atoms with Gasteiger partial charge in [-0.2, -0.15) is 0 Å². The molecule has 4 rings (SSSR count). The second kappa shape index (κ2) is 11.6. The molecule has 0 aliphatic carbocycles. The molecule has 34 heavy (non-hydrogen) atoms. The molecule has 2 saturated heterocycles. The normalized spacial score (nSPS) is 18.4. The van der Waals surface area contributed by atoms with Crippen molar-refractivity contribution in [3.8, 4) is 11.1 Å². The first kappa shape index (κ1) is 25.1. The van der Waals surface area contributed by atoms with Gasteiger partial charge in [-0.15, -0.1) is 0 Å². The number of hydrogen-bond acceptors (Lipinski definition) is 5. The third-order valence-corrected chi connectivity index (χ3v) is 7.41. The topological polar surface area (TPSA) is 45.2 Å². The molecule has 1 N–H and O–H groups in total. The summed E-state index contributed by atoms with van der Waals surface area (Å²) in [6.45, 7) is 9.60. The van der Waals surface area contributed by atoms with Gasteiger partial charge in [0, 0.05) is 63.8 Å². The number of benzene rings is 2. The molecule has 0 aromatic heterocycles. The zero-order chi connectivity index (χ0) is 24.1. The first-order chi connectivity index (χ1) is 16.5. The van der Waals surface area contributed by atoms with E-state index in [4.69, 9.17) is 9.47 Å². The van der Waals surface area contributed by atoms with Gasteiger partial charge in [0.2, 0.25) is 0 Å². The van der Waals surface area contributed by atoms with Gasteiger partial charge in [0.1, 0.15) is 5.82 Å². The third kappa shape index (κ3) is 5.80. The minimum absolute atomic E-state index is 0.171. The molecule has 0 saturated carbocycles. The van der Waals surface area contributed by atoms with Crippen LogP contribution in [0.4, 0.5) is 10.1 Å². The van der Waals surface area contributed by atoms with E-state index in [9.17, 15) is 5.11 Å². The fourth-order valence-electron chi connectivity index (χ4n) is 5.32.